The molecule has 2 aromatic carbocycles. The maximum Gasteiger partial charge on any atom is 2.00 e. The fourth-order valence-corrected chi connectivity index (χ4v) is 2.23. The Bertz CT molecular complexity index is 876. The average molecular weight is 451 g/mol. The van der Waals surface area contributed by atoms with Crippen LogP contribution >= 0.6 is 0 Å². The minimum Gasteiger partial charge on any atom is -0.726 e. The quantitative estimate of drug-likeness (QED) is 0.338. The van der Waals surface area contributed by atoms with Crippen molar-refractivity contribution < 1.29 is 34.3 Å². The Morgan fingerprint density at radius 2 is 0.966 bits per heavy atom. The van der Waals surface area contributed by atoms with Gasteiger partial charge in [0.1, 0.15) is 0 Å². The summed E-state index contributed by atoms with van der Waals surface area (Å²) >= 11 is 0. The molecule has 0 saturated heterocycles. The van der Waals surface area contributed by atoms with Crippen LogP contribution < -0.4 is 0 Å². The third kappa shape index (κ3) is 17.0. The van der Waals surface area contributed by atoms with E-state index in [4.69, 9.17) is 0 Å². The molecule has 0 bridgehead atoms. The Balaban J connectivity index is 0.000000523. The van der Waals surface area contributed by atoms with Crippen molar-refractivity contribution in [3.05, 3.63) is 83.9 Å². The summed E-state index contributed by atoms with van der Waals surface area (Å²) in [6.07, 6.45) is 6.27. The molecule has 11 heteroatoms. The smallest absolute Gasteiger partial charge is 0.726 e. The van der Waals surface area contributed by atoms with Crippen LogP contribution in [0.3, 0.4) is 0 Å². The average Bonchev–Trinajstić information content (AvgIpc) is 2.63. The zero-order chi connectivity index (χ0) is 20.9. The molecule has 0 fully saturated rings. The summed E-state index contributed by atoms with van der Waals surface area (Å²) in [6.45, 7) is -0.471. The summed E-state index contributed by atoms with van der Waals surface area (Å²) in [4.78, 5) is 0. The van der Waals surface area contributed by atoms with E-state index in [0.29, 0.717) is 0 Å². The van der Waals surface area contributed by atoms with Crippen LogP contribution in [0.2, 0.25) is 0 Å². The van der Waals surface area contributed by atoms with Crippen molar-refractivity contribution in [3.63, 3.8) is 0 Å². The molecule has 2 rings (SSSR count). The van der Waals surface area contributed by atoms with Gasteiger partial charge in [-0.25, -0.2) is 16.8 Å². The van der Waals surface area contributed by atoms with Gasteiger partial charge in [0, 0.05) is 0 Å². The first-order valence-corrected chi connectivity index (χ1v) is 10.5. The van der Waals surface area contributed by atoms with Crippen LogP contribution in [-0.2, 0) is 29.2 Å². The Morgan fingerprint density at radius 1 is 0.655 bits per heavy atom. The second-order valence-corrected chi connectivity index (χ2v) is 7.12. The Morgan fingerprint density at radius 3 is 1.24 bits per heavy atom. The topological polar surface area (TPSA) is 133 Å². The van der Waals surface area contributed by atoms with E-state index in [1.807, 2.05) is 60.7 Å². The summed E-state index contributed by atoms with van der Waals surface area (Å²) in [5, 5.41) is 0. The largest absolute Gasteiger partial charge is 2.00 e. The predicted octanol–water partition coefficient (Wildman–Crippen LogP) is 1.97. The zero-order valence-corrected chi connectivity index (χ0v) is 18.3. The van der Waals surface area contributed by atoms with Gasteiger partial charge >= 0.3 is 23.1 Å². The molecule has 0 N–H and O–H groups in total. The van der Waals surface area contributed by atoms with Crippen LogP contribution in [0.1, 0.15) is 11.1 Å². The van der Waals surface area contributed by atoms with E-state index in [9.17, 15) is 25.9 Å². The molecule has 0 atom stereocenters. The monoisotopic (exact) mass is 450 g/mol. The van der Waals surface area contributed by atoms with Gasteiger partial charge in [0.2, 0.25) is 20.8 Å². The molecule has 0 spiro atoms. The number of benzene rings is 2. The second kappa shape index (κ2) is 14.4. The van der Waals surface area contributed by atoms with Crippen LogP contribution in [0, 0.1) is 0 Å². The second-order valence-electron chi connectivity index (χ2n) is 5.01. The van der Waals surface area contributed by atoms with Crippen LogP contribution in [0.4, 0.5) is 0 Å². The van der Waals surface area contributed by atoms with Crippen molar-refractivity contribution in [1.29, 1.82) is 0 Å². The summed E-state index contributed by atoms with van der Waals surface area (Å²) in [5.74, 6) is 0. The van der Waals surface area contributed by atoms with Crippen molar-refractivity contribution in [3.8, 4) is 0 Å². The molecule has 0 unspecified atom stereocenters. The molecule has 152 valence electrons. The van der Waals surface area contributed by atoms with Gasteiger partial charge in [-0.2, -0.15) is 0 Å². The van der Waals surface area contributed by atoms with E-state index in [2.05, 4.69) is 8.37 Å². The molecule has 29 heavy (non-hydrogen) atoms. The van der Waals surface area contributed by atoms with Gasteiger partial charge in [0.05, 0.1) is 13.2 Å². The normalized spacial score (nSPS) is 11.7. The molecule has 0 heterocycles. The van der Waals surface area contributed by atoms with Gasteiger partial charge in [-0.3, -0.25) is 8.37 Å². The number of hydrogen-bond acceptors (Lipinski definition) is 8. The third-order valence-corrected chi connectivity index (χ3v) is 3.69. The van der Waals surface area contributed by atoms with E-state index in [1.54, 1.807) is 12.2 Å². The Kier molecular flexibility index (Phi) is 13.6. The summed E-state index contributed by atoms with van der Waals surface area (Å²) in [6, 6.07) is 18.5. The van der Waals surface area contributed by atoms with E-state index in [0.717, 1.165) is 11.1 Å². The molecule has 0 aromatic heterocycles. The minimum absolute atomic E-state index is 0. The van der Waals surface area contributed by atoms with E-state index >= 15 is 0 Å². The molecule has 0 saturated carbocycles. The van der Waals surface area contributed by atoms with E-state index in [1.165, 1.54) is 12.2 Å². The van der Waals surface area contributed by atoms with Gasteiger partial charge in [-0.1, -0.05) is 85.0 Å². The maximum atomic E-state index is 10.0. The zero-order valence-electron chi connectivity index (χ0n) is 15.3. The predicted molar refractivity (Wildman–Crippen MR) is 108 cm³/mol. The first kappa shape index (κ1) is 27.4. The van der Waals surface area contributed by atoms with Crippen molar-refractivity contribution >= 4 is 56.0 Å². The van der Waals surface area contributed by atoms with Crippen molar-refractivity contribution in [2.45, 2.75) is 0 Å². The summed E-state index contributed by atoms with van der Waals surface area (Å²) in [7, 11) is -9.16. The van der Waals surface area contributed by atoms with Gasteiger partial charge in [0.25, 0.3) is 0 Å². The summed E-state index contributed by atoms with van der Waals surface area (Å²) in [5.41, 5.74) is 1.83. The van der Waals surface area contributed by atoms with E-state index < -0.39 is 20.8 Å². The fraction of sp³-hybridized carbons (Fsp3) is 0.111. The van der Waals surface area contributed by atoms with Crippen LogP contribution in [0.5, 0.6) is 0 Å². The Hall–Kier alpha value is -1.57. The first-order chi connectivity index (χ1) is 13.2. The molecule has 0 radical (unpaired) electrons. The standard InChI is InChI=1S/2C9H10O4S.Mg/c2*10-14(11,12)13-8-4-7-9-5-2-1-3-6-9;/h2*1-7H,8H2,(H,10,11,12);/q;;+2/p-2. The maximum absolute atomic E-state index is 10.0. The van der Waals surface area contributed by atoms with Crippen molar-refractivity contribution in [2.75, 3.05) is 13.2 Å². The Labute approximate surface area is 186 Å². The van der Waals surface area contributed by atoms with E-state index in [-0.39, 0.29) is 36.3 Å². The van der Waals surface area contributed by atoms with Crippen LogP contribution in [0.15, 0.2) is 72.8 Å². The molecule has 0 amide bonds. The van der Waals surface area contributed by atoms with Crippen LogP contribution in [-0.4, -0.2) is 62.2 Å². The molecular formula is C18H18MgO8S2. The molecule has 0 aliphatic carbocycles. The molecule has 0 aliphatic rings. The number of hydrogen-bond donors (Lipinski definition) is 0. The van der Waals surface area contributed by atoms with Gasteiger partial charge in [0.15, 0.2) is 0 Å². The number of rotatable bonds is 8. The van der Waals surface area contributed by atoms with Gasteiger partial charge < -0.3 is 9.11 Å². The third-order valence-electron chi connectivity index (χ3n) is 2.84. The van der Waals surface area contributed by atoms with Gasteiger partial charge in [-0.05, 0) is 11.1 Å². The van der Waals surface area contributed by atoms with Crippen molar-refractivity contribution in [2.24, 2.45) is 0 Å². The fourth-order valence-electron chi connectivity index (χ4n) is 1.74. The molecule has 0 aliphatic heterocycles. The van der Waals surface area contributed by atoms with Gasteiger partial charge in [-0.15, -0.1) is 0 Å². The molecule has 8 nitrogen and oxygen atoms in total. The molecule has 2 aromatic rings. The SMILES string of the molecule is O=S(=O)([O-])OCC=Cc1ccccc1.O=S(=O)([O-])OCC=Cc1ccccc1.[Mg+2]. The molecular weight excluding hydrogens is 433 g/mol. The van der Waals surface area contributed by atoms with Crippen LogP contribution in [0.25, 0.3) is 12.2 Å². The first-order valence-electron chi connectivity index (χ1n) is 7.79. The summed E-state index contributed by atoms with van der Waals surface area (Å²) < 4.78 is 68.1. The van der Waals surface area contributed by atoms with Crippen molar-refractivity contribution in [1.82, 2.24) is 0 Å². The minimum atomic E-state index is -4.58.